The first kappa shape index (κ1) is 15.6. The van der Waals surface area contributed by atoms with E-state index in [0.717, 1.165) is 31.8 Å². The number of likely N-dealkylation sites (tertiary alicyclic amines) is 2. The Bertz CT molecular complexity index is 643. The summed E-state index contributed by atoms with van der Waals surface area (Å²) in [5.41, 5.74) is 0.0785. The molecule has 1 aromatic rings. The van der Waals surface area contributed by atoms with Crippen LogP contribution < -0.4 is 0 Å². The molecule has 1 saturated carbocycles. The molecule has 3 fully saturated rings. The van der Waals surface area contributed by atoms with E-state index < -0.39 is 0 Å². The predicted octanol–water partition coefficient (Wildman–Crippen LogP) is 1.07. The van der Waals surface area contributed by atoms with Crippen LogP contribution in [-0.4, -0.2) is 62.6 Å². The second-order valence-electron chi connectivity index (χ2n) is 7.78. The van der Waals surface area contributed by atoms with Crippen molar-refractivity contribution in [1.29, 1.82) is 0 Å². The van der Waals surface area contributed by atoms with Crippen molar-refractivity contribution >= 4 is 11.8 Å². The summed E-state index contributed by atoms with van der Waals surface area (Å²) in [6.07, 6.45) is 7.87. The summed E-state index contributed by atoms with van der Waals surface area (Å²) in [6.45, 7) is 3.22. The molecule has 0 aromatic carbocycles. The van der Waals surface area contributed by atoms with Gasteiger partial charge in [-0.2, -0.15) is 0 Å². The molecule has 1 aliphatic carbocycles. The Balaban J connectivity index is 1.35. The minimum Gasteiger partial charge on any atom is -0.342 e. The van der Waals surface area contributed by atoms with Gasteiger partial charge in [0.05, 0.1) is 0 Å². The van der Waals surface area contributed by atoms with Crippen molar-refractivity contribution in [1.82, 2.24) is 24.6 Å². The van der Waals surface area contributed by atoms with Gasteiger partial charge in [0.1, 0.15) is 6.33 Å². The van der Waals surface area contributed by atoms with E-state index in [1.165, 1.54) is 19.3 Å². The molecule has 0 N–H and O–H groups in total. The van der Waals surface area contributed by atoms with Gasteiger partial charge in [-0.3, -0.25) is 14.3 Å². The average Bonchev–Trinajstić information content (AvgIpc) is 3.08. The van der Waals surface area contributed by atoms with Crippen LogP contribution in [0.1, 0.15) is 49.1 Å². The SMILES string of the molecule is Cn1cnc(C(=O)N2CCC3(CC2)CC(=O)N(CC2CCC2)C3)n1. The molecule has 2 amide bonds. The Morgan fingerprint density at radius 3 is 2.67 bits per heavy atom. The van der Waals surface area contributed by atoms with Crippen molar-refractivity contribution in [2.24, 2.45) is 18.4 Å². The maximum atomic E-state index is 12.4. The van der Waals surface area contributed by atoms with Gasteiger partial charge in [-0.15, -0.1) is 5.10 Å². The fourth-order valence-electron chi connectivity index (χ4n) is 4.23. The highest BCUT2D eigenvalue weighted by molar-refractivity contribution is 5.90. The highest BCUT2D eigenvalue weighted by Crippen LogP contribution is 2.42. The summed E-state index contributed by atoms with van der Waals surface area (Å²) in [4.78, 5) is 32.8. The number of hydrogen-bond donors (Lipinski definition) is 0. The first-order valence-corrected chi connectivity index (χ1v) is 8.97. The summed E-state index contributed by atoms with van der Waals surface area (Å²) in [6, 6.07) is 0. The van der Waals surface area contributed by atoms with Gasteiger partial charge in [-0.1, -0.05) is 6.42 Å². The number of piperidine rings is 1. The molecule has 24 heavy (non-hydrogen) atoms. The van der Waals surface area contributed by atoms with Crippen LogP contribution in [0, 0.1) is 11.3 Å². The third kappa shape index (κ3) is 2.80. The van der Waals surface area contributed by atoms with Crippen LogP contribution in [0.25, 0.3) is 0 Å². The zero-order chi connectivity index (χ0) is 16.7. The van der Waals surface area contributed by atoms with Crippen molar-refractivity contribution in [3.63, 3.8) is 0 Å². The molecule has 0 radical (unpaired) electrons. The lowest BCUT2D eigenvalue weighted by atomic mass is 9.77. The van der Waals surface area contributed by atoms with E-state index >= 15 is 0 Å². The molecule has 7 nitrogen and oxygen atoms in total. The monoisotopic (exact) mass is 331 g/mol. The van der Waals surface area contributed by atoms with Crippen LogP contribution >= 0.6 is 0 Å². The standard InChI is InChI=1S/C17H25N5O2/c1-20-12-18-15(19-20)16(24)21-7-5-17(6-8-21)9-14(23)22(11-17)10-13-3-2-4-13/h12-13H,2-11H2,1H3. The van der Waals surface area contributed by atoms with Crippen molar-refractivity contribution in [2.75, 3.05) is 26.2 Å². The largest absolute Gasteiger partial charge is 0.342 e. The molecule has 1 spiro atoms. The number of aryl methyl sites for hydroxylation is 1. The zero-order valence-corrected chi connectivity index (χ0v) is 14.3. The molecule has 0 unspecified atom stereocenters. The van der Waals surface area contributed by atoms with Crippen molar-refractivity contribution in [3.05, 3.63) is 12.2 Å². The highest BCUT2D eigenvalue weighted by atomic mass is 16.2. The van der Waals surface area contributed by atoms with Crippen molar-refractivity contribution < 1.29 is 9.59 Å². The van der Waals surface area contributed by atoms with Crippen LogP contribution in [0.15, 0.2) is 6.33 Å². The van der Waals surface area contributed by atoms with Gasteiger partial charge in [0.25, 0.3) is 5.91 Å². The molecule has 3 heterocycles. The maximum absolute atomic E-state index is 12.4. The molecule has 0 bridgehead atoms. The number of rotatable bonds is 3. The number of carbonyl (C=O) groups excluding carboxylic acids is 2. The number of amides is 2. The molecule has 1 aromatic heterocycles. The lowest BCUT2D eigenvalue weighted by Gasteiger charge is -2.39. The Labute approximate surface area is 142 Å². The van der Waals surface area contributed by atoms with E-state index in [-0.39, 0.29) is 17.1 Å². The summed E-state index contributed by atoms with van der Waals surface area (Å²) in [5.74, 6) is 1.21. The second-order valence-corrected chi connectivity index (χ2v) is 7.78. The molecule has 2 aliphatic heterocycles. The number of nitrogens with zero attached hydrogens (tertiary/aromatic N) is 5. The lowest BCUT2D eigenvalue weighted by Crippen LogP contribution is -2.45. The molecule has 4 rings (SSSR count). The van der Waals surface area contributed by atoms with E-state index in [9.17, 15) is 9.59 Å². The minimum absolute atomic E-state index is 0.0785. The van der Waals surface area contributed by atoms with Crippen LogP contribution in [-0.2, 0) is 11.8 Å². The Morgan fingerprint density at radius 1 is 1.33 bits per heavy atom. The predicted molar refractivity (Wildman–Crippen MR) is 87.1 cm³/mol. The molecule has 130 valence electrons. The van der Waals surface area contributed by atoms with Crippen molar-refractivity contribution in [3.8, 4) is 0 Å². The third-order valence-electron chi connectivity index (χ3n) is 6.01. The number of hydrogen-bond acceptors (Lipinski definition) is 4. The Morgan fingerprint density at radius 2 is 2.08 bits per heavy atom. The van der Waals surface area contributed by atoms with Gasteiger partial charge in [0, 0.05) is 45.1 Å². The first-order chi connectivity index (χ1) is 11.5. The number of carbonyl (C=O) groups is 2. The molecule has 3 aliphatic rings. The maximum Gasteiger partial charge on any atom is 0.293 e. The van der Waals surface area contributed by atoms with Gasteiger partial charge in [-0.05, 0) is 31.6 Å². The average molecular weight is 331 g/mol. The number of aromatic nitrogens is 3. The quantitative estimate of drug-likeness (QED) is 0.831. The van der Waals surface area contributed by atoms with Crippen LogP contribution in [0.5, 0.6) is 0 Å². The normalized spacial score (nSPS) is 23.8. The van der Waals surface area contributed by atoms with Gasteiger partial charge in [-0.25, -0.2) is 4.98 Å². The van der Waals surface area contributed by atoms with E-state index in [1.54, 1.807) is 18.1 Å². The lowest BCUT2D eigenvalue weighted by molar-refractivity contribution is -0.128. The third-order valence-corrected chi connectivity index (χ3v) is 6.01. The molecular formula is C17H25N5O2. The van der Waals surface area contributed by atoms with Gasteiger partial charge in [0.15, 0.2) is 0 Å². The van der Waals surface area contributed by atoms with E-state index in [0.29, 0.717) is 25.4 Å². The van der Waals surface area contributed by atoms with Gasteiger partial charge < -0.3 is 9.80 Å². The summed E-state index contributed by atoms with van der Waals surface area (Å²) in [7, 11) is 1.76. The van der Waals surface area contributed by atoms with E-state index in [4.69, 9.17) is 0 Å². The van der Waals surface area contributed by atoms with Gasteiger partial charge in [0.2, 0.25) is 11.7 Å². The minimum atomic E-state index is -0.0962. The first-order valence-electron chi connectivity index (χ1n) is 8.97. The Hall–Kier alpha value is -1.92. The molecule has 2 saturated heterocycles. The molecular weight excluding hydrogens is 306 g/mol. The zero-order valence-electron chi connectivity index (χ0n) is 14.3. The van der Waals surface area contributed by atoms with Crippen LogP contribution in [0.2, 0.25) is 0 Å². The highest BCUT2D eigenvalue weighted by Gasteiger charge is 2.46. The Kier molecular flexibility index (Phi) is 3.81. The van der Waals surface area contributed by atoms with Crippen LogP contribution in [0.3, 0.4) is 0 Å². The summed E-state index contributed by atoms with van der Waals surface area (Å²) < 4.78 is 1.55. The van der Waals surface area contributed by atoms with Crippen molar-refractivity contribution in [2.45, 2.75) is 38.5 Å². The summed E-state index contributed by atoms with van der Waals surface area (Å²) in [5, 5.41) is 4.10. The van der Waals surface area contributed by atoms with E-state index in [1.807, 2.05) is 4.90 Å². The molecule has 7 heteroatoms. The fourth-order valence-corrected chi connectivity index (χ4v) is 4.23. The topological polar surface area (TPSA) is 71.3 Å². The molecule has 0 atom stereocenters. The summed E-state index contributed by atoms with van der Waals surface area (Å²) >= 11 is 0. The van der Waals surface area contributed by atoms with Gasteiger partial charge >= 0.3 is 0 Å². The fraction of sp³-hybridized carbons (Fsp3) is 0.765. The smallest absolute Gasteiger partial charge is 0.293 e. The second kappa shape index (κ2) is 5.86. The van der Waals surface area contributed by atoms with Crippen LogP contribution in [0.4, 0.5) is 0 Å². The van der Waals surface area contributed by atoms with E-state index in [2.05, 4.69) is 15.0 Å².